The van der Waals surface area contributed by atoms with Crippen molar-refractivity contribution in [1.29, 1.82) is 0 Å². The summed E-state index contributed by atoms with van der Waals surface area (Å²) in [5.74, 6) is 2.32. The van der Waals surface area contributed by atoms with Gasteiger partial charge in [-0.3, -0.25) is 10.1 Å². The highest BCUT2D eigenvalue weighted by Crippen LogP contribution is 2.55. The first-order valence-corrected chi connectivity index (χ1v) is 8.87. The number of non-ortho nitro benzene ring substituents is 1. The van der Waals surface area contributed by atoms with Crippen molar-refractivity contribution in [3.63, 3.8) is 0 Å². The second-order valence-electron chi connectivity index (χ2n) is 7.87. The molecule has 0 radical (unpaired) electrons. The summed E-state index contributed by atoms with van der Waals surface area (Å²) in [5.41, 5.74) is 3.22. The Morgan fingerprint density at radius 3 is 2.20 bits per heavy atom. The Kier molecular flexibility index (Phi) is 3.94. The summed E-state index contributed by atoms with van der Waals surface area (Å²) < 4.78 is 0. The fourth-order valence-corrected chi connectivity index (χ4v) is 5.38. The van der Waals surface area contributed by atoms with Crippen molar-refractivity contribution in [2.24, 2.45) is 22.9 Å². The number of hydrogen-bond acceptors (Lipinski definition) is 4. The van der Waals surface area contributed by atoms with Gasteiger partial charge in [0.25, 0.3) is 5.69 Å². The van der Waals surface area contributed by atoms with E-state index in [-0.39, 0.29) is 17.3 Å². The van der Waals surface area contributed by atoms with Crippen LogP contribution in [0.2, 0.25) is 0 Å². The molecule has 0 aromatic heterocycles. The van der Waals surface area contributed by atoms with E-state index in [2.05, 4.69) is 15.8 Å². The molecule has 4 aliphatic rings. The number of hydrazone groups is 1. The van der Waals surface area contributed by atoms with Crippen LogP contribution in [0.15, 0.2) is 29.4 Å². The largest absolute Gasteiger partial charge is 0.335 e. The van der Waals surface area contributed by atoms with Gasteiger partial charge in [-0.15, -0.1) is 0 Å². The smallest absolute Gasteiger partial charge is 0.331 e. The Balaban J connectivity index is 1.33. The molecule has 4 saturated carbocycles. The number of nitro benzene ring substituents is 1. The molecule has 7 nitrogen and oxygen atoms in total. The third-order valence-electron chi connectivity index (χ3n) is 5.90. The van der Waals surface area contributed by atoms with E-state index in [1.165, 1.54) is 37.6 Å². The van der Waals surface area contributed by atoms with Gasteiger partial charge in [0.15, 0.2) is 0 Å². The van der Waals surface area contributed by atoms with E-state index in [0.29, 0.717) is 5.56 Å². The Morgan fingerprint density at radius 2 is 1.68 bits per heavy atom. The Morgan fingerprint density at radius 1 is 1.12 bits per heavy atom. The minimum atomic E-state index is -0.446. The van der Waals surface area contributed by atoms with Crippen molar-refractivity contribution in [1.82, 2.24) is 10.7 Å². The molecule has 2 amide bonds. The number of nitrogens with zero attached hydrogens (tertiary/aromatic N) is 2. The van der Waals surface area contributed by atoms with Crippen LogP contribution in [0.4, 0.5) is 10.5 Å². The van der Waals surface area contributed by atoms with Gasteiger partial charge in [0, 0.05) is 17.7 Å². The maximum absolute atomic E-state index is 12.2. The van der Waals surface area contributed by atoms with Crippen LogP contribution >= 0.6 is 0 Å². The fraction of sp³-hybridized carbons (Fsp3) is 0.556. The highest BCUT2D eigenvalue weighted by Gasteiger charge is 2.51. The average Bonchev–Trinajstić information content (AvgIpc) is 2.53. The van der Waals surface area contributed by atoms with Crippen LogP contribution in [-0.2, 0) is 0 Å². The summed E-state index contributed by atoms with van der Waals surface area (Å²) in [5, 5.41) is 17.8. The fourth-order valence-electron chi connectivity index (χ4n) is 5.38. The number of rotatable bonds is 4. The molecule has 132 valence electrons. The highest BCUT2D eigenvalue weighted by atomic mass is 16.6. The van der Waals surface area contributed by atoms with Crippen LogP contribution in [0.1, 0.15) is 44.1 Å². The predicted octanol–water partition coefficient (Wildman–Crippen LogP) is 3.20. The zero-order valence-corrected chi connectivity index (χ0v) is 14.0. The molecule has 5 rings (SSSR count). The van der Waals surface area contributed by atoms with E-state index < -0.39 is 4.92 Å². The number of nitrogens with one attached hydrogen (secondary N) is 2. The average molecular weight is 342 g/mol. The number of amides is 2. The summed E-state index contributed by atoms with van der Waals surface area (Å²) in [6.45, 7) is 0. The normalized spacial score (nSPS) is 32.7. The van der Waals surface area contributed by atoms with E-state index in [4.69, 9.17) is 0 Å². The molecule has 0 saturated heterocycles. The quantitative estimate of drug-likeness (QED) is 0.499. The maximum atomic E-state index is 12.2. The molecule has 4 aliphatic carbocycles. The lowest BCUT2D eigenvalue weighted by Crippen LogP contribution is -2.61. The van der Waals surface area contributed by atoms with Gasteiger partial charge in [-0.2, -0.15) is 5.10 Å². The first kappa shape index (κ1) is 16.1. The number of nitro groups is 1. The first-order chi connectivity index (χ1) is 12.0. The second-order valence-corrected chi connectivity index (χ2v) is 7.87. The molecule has 25 heavy (non-hydrogen) atoms. The summed E-state index contributed by atoms with van der Waals surface area (Å²) >= 11 is 0. The van der Waals surface area contributed by atoms with Gasteiger partial charge in [-0.1, -0.05) is 0 Å². The van der Waals surface area contributed by atoms with Gasteiger partial charge in [-0.05, 0) is 74.0 Å². The molecule has 7 heteroatoms. The van der Waals surface area contributed by atoms with Gasteiger partial charge in [0.1, 0.15) is 0 Å². The summed E-state index contributed by atoms with van der Waals surface area (Å²) in [7, 11) is 0. The molecule has 4 fully saturated rings. The van der Waals surface area contributed by atoms with Crippen molar-refractivity contribution in [2.45, 2.75) is 44.1 Å². The lowest BCUT2D eigenvalue weighted by atomic mass is 9.53. The second kappa shape index (κ2) is 6.13. The van der Waals surface area contributed by atoms with E-state index in [1.54, 1.807) is 12.1 Å². The van der Waals surface area contributed by atoms with Gasteiger partial charge in [-0.25, -0.2) is 10.2 Å². The van der Waals surface area contributed by atoms with Crippen LogP contribution < -0.4 is 10.7 Å². The summed E-state index contributed by atoms with van der Waals surface area (Å²) in [6, 6.07) is 5.76. The van der Waals surface area contributed by atoms with Crippen LogP contribution in [0.3, 0.4) is 0 Å². The molecule has 1 aromatic carbocycles. The lowest BCUT2D eigenvalue weighted by Gasteiger charge is -2.56. The molecule has 0 spiro atoms. The Hall–Kier alpha value is -2.44. The molecule has 0 aliphatic heterocycles. The Labute approximate surface area is 146 Å². The van der Waals surface area contributed by atoms with E-state index in [0.717, 1.165) is 37.0 Å². The maximum Gasteiger partial charge on any atom is 0.335 e. The molecular formula is C18H22N4O3. The van der Waals surface area contributed by atoms with E-state index in [9.17, 15) is 14.9 Å². The summed E-state index contributed by atoms with van der Waals surface area (Å²) in [4.78, 5) is 22.4. The molecule has 0 heterocycles. The van der Waals surface area contributed by atoms with Crippen LogP contribution in [0, 0.1) is 27.9 Å². The highest BCUT2D eigenvalue weighted by molar-refractivity contribution is 5.82. The van der Waals surface area contributed by atoms with Crippen LogP contribution in [0.25, 0.3) is 0 Å². The minimum Gasteiger partial charge on any atom is -0.331 e. The first-order valence-electron chi connectivity index (χ1n) is 8.87. The van der Waals surface area contributed by atoms with Crippen LogP contribution in [-0.4, -0.2) is 22.7 Å². The zero-order valence-electron chi connectivity index (χ0n) is 14.0. The van der Waals surface area contributed by atoms with Crippen molar-refractivity contribution in [2.75, 3.05) is 0 Å². The van der Waals surface area contributed by atoms with E-state index in [1.807, 2.05) is 0 Å². The van der Waals surface area contributed by atoms with Crippen molar-refractivity contribution in [3.05, 3.63) is 39.9 Å². The SMILES string of the molecule is O=C(N/N=C/c1ccc([N+](=O)[O-])cc1)NC12CC3CC(CC(C3)C1)C2. The van der Waals surface area contributed by atoms with Gasteiger partial charge in [0.05, 0.1) is 11.1 Å². The van der Waals surface area contributed by atoms with E-state index >= 15 is 0 Å². The minimum absolute atomic E-state index is 0.0321. The monoisotopic (exact) mass is 342 g/mol. The molecule has 2 N–H and O–H groups in total. The number of hydrogen-bond donors (Lipinski definition) is 2. The third kappa shape index (κ3) is 3.36. The third-order valence-corrected chi connectivity index (χ3v) is 5.90. The summed E-state index contributed by atoms with van der Waals surface area (Å²) in [6.07, 6.45) is 8.78. The van der Waals surface area contributed by atoms with Crippen molar-refractivity contribution in [3.8, 4) is 0 Å². The number of carbonyl (C=O) groups excluding carboxylic acids is 1. The molecule has 0 atom stereocenters. The van der Waals surface area contributed by atoms with Gasteiger partial charge in [0.2, 0.25) is 0 Å². The van der Waals surface area contributed by atoms with Crippen LogP contribution in [0.5, 0.6) is 0 Å². The molecule has 1 aromatic rings. The molecular weight excluding hydrogens is 320 g/mol. The van der Waals surface area contributed by atoms with Gasteiger partial charge >= 0.3 is 6.03 Å². The molecule has 0 unspecified atom stereocenters. The number of urea groups is 1. The number of benzene rings is 1. The van der Waals surface area contributed by atoms with Gasteiger partial charge < -0.3 is 5.32 Å². The topological polar surface area (TPSA) is 96.6 Å². The molecule has 4 bridgehead atoms. The zero-order chi connectivity index (χ0) is 17.4. The predicted molar refractivity (Wildman–Crippen MR) is 93.3 cm³/mol. The standard InChI is InChI=1S/C18H22N4O3/c23-17(21-19-11-12-1-3-16(4-2-12)22(24)25)20-18-8-13-5-14(9-18)7-15(6-13)10-18/h1-4,11,13-15H,5-10H2,(H2,20,21,23)/b19-11+. The Bertz CT molecular complexity index is 678. The van der Waals surface area contributed by atoms with Crippen molar-refractivity contribution >= 4 is 17.9 Å². The lowest BCUT2D eigenvalue weighted by molar-refractivity contribution is -0.384. The number of carbonyl (C=O) groups is 1. The van der Waals surface area contributed by atoms with Crippen molar-refractivity contribution < 1.29 is 9.72 Å².